The van der Waals surface area contributed by atoms with E-state index in [0.717, 1.165) is 5.56 Å². The third-order valence-corrected chi connectivity index (χ3v) is 4.07. The number of rotatable bonds is 5. The van der Waals surface area contributed by atoms with E-state index in [9.17, 15) is 13.6 Å². The van der Waals surface area contributed by atoms with Crippen molar-refractivity contribution in [3.8, 4) is 0 Å². The van der Waals surface area contributed by atoms with Crippen molar-refractivity contribution in [3.05, 3.63) is 64.1 Å². The zero-order valence-electron chi connectivity index (χ0n) is 12.8. The van der Waals surface area contributed by atoms with E-state index in [4.69, 9.17) is 0 Å². The van der Waals surface area contributed by atoms with E-state index in [1.807, 2.05) is 0 Å². The lowest BCUT2D eigenvalue weighted by molar-refractivity contribution is -0.120. The molecule has 23 heavy (non-hydrogen) atoms. The molecule has 122 valence electrons. The molecule has 2 rings (SSSR count). The number of anilines is 1. The van der Waals surface area contributed by atoms with Crippen molar-refractivity contribution >= 4 is 27.5 Å². The van der Waals surface area contributed by atoms with Gasteiger partial charge in [-0.2, -0.15) is 0 Å². The van der Waals surface area contributed by atoms with Crippen molar-refractivity contribution < 1.29 is 13.6 Å². The number of carbonyl (C=O) groups is 1. The zero-order valence-corrected chi connectivity index (χ0v) is 14.4. The fraction of sp³-hybridized carbons (Fsp3) is 0.235. The summed E-state index contributed by atoms with van der Waals surface area (Å²) in [4.78, 5) is 14.0. The Morgan fingerprint density at radius 1 is 1.22 bits per heavy atom. The molecule has 0 aliphatic rings. The number of likely N-dealkylation sites (N-methyl/N-ethyl adjacent to an activating group) is 1. The average Bonchev–Trinajstić information content (AvgIpc) is 2.51. The molecule has 0 aromatic heterocycles. The topological polar surface area (TPSA) is 32.3 Å². The highest BCUT2D eigenvalue weighted by atomic mass is 79.9. The first-order valence-electron chi connectivity index (χ1n) is 7.07. The number of carbonyl (C=O) groups excluding carboxylic acids is 1. The first-order valence-corrected chi connectivity index (χ1v) is 7.86. The molecule has 1 unspecified atom stereocenters. The molecule has 2 aromatic rings. The van der Waals surface area contributed by atoms with Gasteiger partial charge in [0.25, 0.3) is 0 Å². The van der Waals surface area contributed by atoms with Crippen molar-refractivity contribution in [1.82, 2.24) is 4.90 Å². The lowest BCUT2D eigenvalue weighted by Crippen LogP contribution is -2.39. The SMILES string of the molecule is CC(C(=O)Nc1ccc(Br)cc1F)N(C)Cc1ccc(F)cc1. The fourth-order valence-corrected chi connectivity index (χ4v) is 2.38. The van der Waals surface area contributed by atoms with Gasteiger partial charge in [-0.1, -0.05) is 28.1 Å². The van der Waals surface area contributed by atoms with E-state index < -0.39 is 11.9 Å². The molecule has 1 amide bonds. The molecule has 0 bridgehead atoms. The van der Waals surface area contributed by atoms with E-state index in [0.29, 0.717) is 11.0 Å². The molecule has 1 atom stereocenters. The quantitative estimate of drug-likeness (QED) is 0.840. The minimum Gasteiger partial charge on any atom is -0.322 e. The fourth-order valence-electron chi connectivity index (χ4n) is 2.04. The van der Waals surface area contributed by atoms with Crippen LogP contribution in [-0.2, 0) is 11.3 Å². The Bertz CT molecular complexity index is 691. The average molecular weight is 383 g/mol. The molecule has 0 aliphatic carbocycles. The highest BCUT2D eigenvalue weighted by Gasteiger charge is 2.19. The monoisotopic (exact) mass is 382 g/mol. The number of nitrogens with one attached hydrogen (secondary N) is 1. The Kier molecular flexibility index (Phi) is 5.85. The van der Waals surface area contributed by atoms with Crippen molar-refractivity contribution in [2.75, 3.05) is 12.4 Å². The van der Waals surface area contributed by atoms with Crippen LogP contribution in [0, 0.1) is 11.6 Å². The van der Waals surface area contributed by atoms with Gasteiger partial charge in [0.05, 0.1) is 11.7 Å². The molecule has 2 aromatic carbocycles. The standard InChI is InChI=1S/C17H17BrF2N2O/c1-11(22(2)10-12-3-6-14(19)7-4-12)17(23)21-16-8-5-13(18)9-15(16)20/h3-9,11H,10H2,1-2H3,(H,21,23). The Hall–Kier alpha value is -1.79. The van der Waals surface area contributed by atoms with Gasteiger partial charge in [-0.25, -0.2) is 8.78 Å². The second-order valence-corrected chi connectivity index (χ2v) is 6.25. The largest absolute Gasteiger partial charge is 0.322 e. The second kappa shape index (κ2) is 7.66. The summed E-state index contributed by atoms with van der Waals surface area (Å²) in [6.45, 7) is 2.22. The Labute approximate surface area is 142 Å². The van der Waals surface area contributed by atoms with Crippen LogP contribution < -0.4 is 5.32 Å². The third-order valence-electron chi connectivity index (χ3n) is 3.57. The van der Waals surface area contributed by atoms with E-state index in [-0.39, 0.29) is 17.4 Å². The van der Waals surface area contributed by atoms with Crippen LogP contribution in [0.25, 0.3) is 0 Å². The molecule has 0 saturated carbocycles. The van der Waals surface area contributed by atoms with Gasteiger partial charge in [-0.05, 0) is 49.9 Å². The van der Waals surface area contributed by atoms with Gasteiger partial charge >= 0.3 is 0 Å². The van der Waals surface area contributed by atoms with E-state index in [1.54, 1.807) is 37.1 Å². The maximum Gasteiger partial charge on any atom is 0.241 e. The predicted octanol–water partition coefficient (Wildman–Crippen LogP) is 4.19. The Morgan fingerprint density at radius 3 is 2.48 bits per heavy atom. The van der Waals surface area contributed by atoms with Crippen LogP contribution in [0.1, 0.15) is 12.5 Å². The van der Waals surface area contributed by atoms with Crippen LogP contribution in [0.3, 0.4) is 0 Å². The van der Waals surface area contributed by atoms with Gasteiger partial charge in [0, 0.05) is 11.0 Å². The van der Waals surface area contributed by atoms with E-state index in [2.05, 4.69) is 21.2 Å². The molecule has 3 nitrogen and oxygen atoms in total. The Balaban J connectivity index is 1.99. The van der Waals surface area contributed by atoms with Crippen LogP contribution in [0.15, 0.2) is 46.9 Å². The van der Waals surface area contributed by atoms with Crippen LogP contribution in [0.5, 0.6) is 0 Å². The molecule has 0 radical (unpaired) electrons. The van der Waals surface area contributed by atoms with Gasteiger partial charge < -0.3 is 5.32 Å². The van der Waals surface area contributed by atoms with Gasteiger partial charge in [-0.3, -0.25) is 9.69 Å². The maximum atomic E-state index is 13.8. The highest BCUT2D eigenvalue weighted by molar-refractivity contribution is 9.10. The number of halogens is 3. The lowest BCUT2D eigenvalue weighted by atomic mass is 10.2. The summed E-state index contributed by atoms with van der Waals surface area (Å²) in [5.41, 5.74) is 1.03. The third kappa shape index (κ3) is 4.84. The summed E-state index contributed by atoms with van der Waals surface area (Å²) in [5.74, 6) is -1.11. The predicted molar refractivity (Wildman–Crippen MR) is 90.1 cm³/mol. The number of hydrogen-bond acceptors (Lipinski definition) is 2. The molecule has 0 spiro atoms. The summed E-state index contributed by atoms with van der Waals surface area (Å²) in [5, 5.41) is 2.58. The lowest BCUT2D eigenvalue weighted by Gasteiger charge is -2.24. The van der Waals surface area contributed by atoms with E-state index >= 15 is 0 Å². The molecule has 1 N–H and O–H groups in total. The van der Waals surface area contributed by atoms with Crippen molar-refractivity contribution in [2.45, 2.75) is 19.5 Å². The number of hydrogen-bond donors (Lipinski definition) is 1. The zero-order chi connectivity index (χ0) is 17.0. The van der Waals surface area contributed by atoms with Gasteiger partial charge in [0.15, 0.2) is 0 Å². The highest BCUT2D eigenvalue weighted by Crippen LogP contribution is 2.20. The summed E-state index contributed by atoms with van der Waals surface area (Å²) < 4.78 is 27.3. The van der Waals surface area contributed by atoms with Crippen molar-refractivity contribution in [1.29, 1.82) is 0 Å². The van der Waals surface area contributed by atoms with Crippen molar-refractivity contribution in [3.63, 3.8) is 0 Å². The number of amides is 1. The smallest absolute Gasteiger partial charge is 0.241 e. The number of nitrogens with zero attached hydrogens (tertiary/aromatic N) is 1. The van der Waals surface area contributed by atoms with Crippen LogP contribution in [0.2, 0.25) is 0 Å². The molecular formula is C17H17BrF2N2O. The van der Waals surface area contributed by atoms with Gasteiger partial charge in [0.1, 0.15) is 11.6 Å². The van der Waals surface area contributed by atoms with E-state index in [1.165, 1.54) is 24.3 Å². The second-order valence-electron chi connectivity index (χ2n) is 5.33. The minimum absolute atomic E-state index is 0.139. The van der Waals surface area contributed by atoms with Crippen LogP contribution >= 0.6 is 15.9 Å². The molecule has 0 fully saturated rings. The summed E-state index contributed by atoms with van der Waals surface area (Å²) in [7, 11) is 1.78. The molecule has 0 heterocycles. The van der Waals surface area contributed by atoms with Crippen LogP contribution in [0.4, 0.5) is 14.5 Å². The van der Waals surface area contributed by atoms with Crippen molar-refractivity contribution in [2.24, 2.45) is 0 Å². The molecular weight excluding hydrogens is 366 g/mol. The summed E-state index contributed by atoms with van der Waals surface area (Å²) in [6, 6.07) is 10.1. The Morgan fingerprint density at radius 2 is 1.87 bits per heavy atom. The normalized spacial score (nSPS) is 12.3. The minimum atomic E-state index is -0.499. The summed E-state index contributed by atoms with van der Waals surface area (Å²) >= 11 is 3.17. The first kappa shape index (κ1) is 17.6. The van der Waals surface area contributed by atoms with Gasteiger partial charge in [-0.15, -0.1) is 0 Å². The number of benzene rings is 2. The molecule has 0 aliphatic heterocycles. The van der Waals surface area contributed by atoms with Gasteiger partial charge in [0.2, 0.25) is 5.91 Å². The van der Waals surface area contributed by atoms with Crippen LogP contribution in [-0.4, -0.2) is 23.9 Å². The molecule has 0 saturated heterocycles. The molecule has 6 heteroatoms. The first-order chi connectivity index (χ1) is 10.9. The summed E-state index contributed by atoms with van der Waals surface area (Å²) in [6.07, 6.45) is 0. The maximum absolute atomic E-state index is 13.8.